The van der Waals surface area contributed by atoms with Gasteiger partial charge in [0.2, 0.25) is 0 Å². The molecule has 2 aromatic heterocycles. The van der Waals surface area contributed by atoms with Crippen molar-refractivity contribution in [2.45, 2.75) is 12.8 Å². The van der Waals surface area contributed by atoms with Crippen LogP contribution in [-0.4, -0.2) is 29.6 Å². The smallest absolute Gasteiger partial charge is 0.112 e. The first-order chi connectivity index (χ1) is 11.9. The standard InChI is InChI=1S/C20H22N4/c1-2-5-16(6-3-1)18-13-19(20-17(24-18)7-4-10-22-20)23-14-15-8-11-21-12-9-15/h1-7,10,13,15,21H,8-9,11-12,14H2,(H,23,24). The van der Waals surface area contributed by atoms with Gasteiger partial charge in [-0.05, 0) is 50.0 Å². The number of rotatable bonds is 4. The summed E-state index contributed by atoms with van der Waals surface area (Å²) in [5, 5.41) is 7.06. The minimum absolute atomic E-state index is 0.721. The molecule has 24 heavy (non-hydrogen) atoms. The molecule has 2 N–H and O–H groups in total. The van der Waals surface area contributed by atoms with Crippen molar-refractivity contribution < 1.29 is 0 Å². The third-order valence-corrected chi connectivity index (χ3v) is 4.67. The number of aromatic nitrogens is 2. The number of benzene rings is 1. The second-order valence-electron chi connectivity index (χ2n) is 6.37. The van der Waals surface area contributed by atoms with E-state index in [2.05, 4.69) is 33.8 Å². The summed E-state index contributed by atoms with van der Waals surface area (Å²) in [5.41, 5.74) is 5.09. The van der Waals surface area contributed by atoms with Crippen LogP contribution in [-0.2, 0) is 0 Å². The second-order valence-corrected chi connectivity index (χ2v) is 6.37. The van der Waals surface area contributed by atoms with Crippen LogP contribution in [0.15, 0.2) is 54.7 Å². The van der Waals surface area contributed by atoms with Crippen molar-refractivity contribution in [3.63, 3.8) is 0 Å². The molecular weight excluding hydrogens is 296 g/mol. The minimum atomic E-state index is 0.721. The summed E-state index contributed by atoms with van der Waals surface area (Å²) in [6.07, 6.45) is 4.30. The largest absolute Gasteiger partial charge is 0.383 e. The zero-order chi connectivity index (χ0) is 16.2. The molecule has 3 heterocycles. The first-order valence-electron chi connectivity index (χ1n) is 8.66. The summed E-state index contributed by atoms with van der Waals surface area (Å²) in [5.74, 6) is 0.721. The average Bonchev–Trinajstić information content (AvgIpc) is 2.67. The van der Waals surface area contributed by atoms with Gasteiger partial charge >= 0.3 is 0 Å². The topological polar surface area (TPSA) is 49.8 Å². The molecule has 4 nitrogen and oxygen atoms in total. The van der Waals surface area contributed by atoms with E-state index in [1.807, 2.05) is 36.5 Å². The molecule has 0 aliphatic carbocycles. The number of fused-ring (bicyclic) bond motifs is 1. The number of nitrogens with zero attached hydrogens (tertiary/aromatic N) is 2. The van der Waals surface area contributed by atoms with Crippen molar-refractivity contribution in [1.82, 2.24) is 15.3 Å². The molecule has 1 aromatic carbocycles. The molecule has 122 valence electrons. The van der Waals surface area contributed by atoms with Gasteiger partial charge in [-0.3, -0.25) is 4.98 Å². The highest BCUT2D eigenvalue weighted by atomic mass is 14.9. The molecule has 0 saturated carbocycles. The van der Waals surface area contributed by atoms with Crippen molar-refractivity contribution in [2.75, 3.05) is 25.0 Å². The molecule has 1 saturated heterocycles. The van der Waals surface area contributed by atoms with Crippen LogP contribution in [0, 0.1) is 5.92 Å². The summed E-state index contributed by atoms with van der Waals surface area (Å²) >= 11 is 0. The molecule has 0 bridgehead atoms. The lowest BCUT2D eigenvalue weighted by Gasteiger charge is -2.23. The van der Waals surface area contributed by atoms with Crippen molar-refractivity contribution in [2.24, 2.45) is 5.92 Å². The van der Waals surface area contributed by atoms with E-state index in [-0.39, 0.29) is 0 Å². The van der Waals surface area contributed by atoms with Gasteiger partial charge in [-0.1, -0.05) is 30.3 Å². The maximum Gasteiger partial charge on any atom is 0.112 e. The number of piperidine rings is 1. The first-order valence-corrected chi connectivity index (χ1v) is 8.66. The highest BCUT2D eigenvalue weighted by Crippen LogP contribution is 2.27. The third kappa shape index (κ3) is 3.24. The Hall–Kier alpha value is -2.46. The predicted octanol–water partition coefficient (Wildman–Crippen LogP) is 3.71. The van der Waals surface area contributed by atoms with Crippen LogP contribution in [0.4, 0.5) is 5.69 Å². The minimum Gasteiger partial charge on any atom is -0.383 e. The van der Waals surface area contributed by atoms with Crippen LogP contribution in [0.2, 0.25) is 0 Å². The second kappa shape index (κ2) is 6.97. The van der Waals surface area contributed by atoms with Gasteiger partial charge in [0.1, 0.15) is 5.52 Å². The molecule has 0 atom stereocenters. The van der Waals surface area contributed by atoms with E-state index in [0.717, 1.165) is 53.5 Å². The zero-order valence-corrected chi connectivity index (χ0v) is 13.7. The van der Waals surface area contributed by atoms with Crippen molar-refractivity contribution in [3.05, 3.63) is 54.7 Å². The van der Waals surface area contributed by atoms with E-state index in [4.69, 9.17) is 4.98 Å². The predicted molar refractivity (Wildman–Crippen MR) is 99.1 cm³/mol. The van der Waals surface area contributed by atoms with E-state index in [0.29, 0.717) is 0 Å². The molecule has 1 fully saturated rings. The quantitative estimate of drug-likeness (QED) is 0.770. The molecule has 0 amide bonds. The third-order valence-electron chi connectivity index (χ3n) is 4.67. The lowest BCUT2D eigenvalue weighted by atomic mass is 9.98. The Bertz CT molecular complexity index is 810. The SMILES string of the molecule is c1ccc(-c2cc(NCC3CCNCC3)c3ncccc3n2)cc1. The van der Waals surface area contributed by atoms with Gasteiger partial charge < -0.3 is 10.6 Å². The van der Waals surface area contributed by atoms with Gasteiger partial charge in [-0.15, -0.1) is 0 Å². The van der Waals surface area contributed by atoms with Crippen LogP contribution >= 0.6 is 0 Å². The number of nitrogens with one attached hydrogen (secondary N) is 2. The lowest BCUT2D eigenvalue weighted by Crippen LogP contribution is -2.31. The molecule has 0 unspecified atom stereocenters. The van der Waals surface area contributed by atoms with E-state index in [9.17, 15) is 0 Å². The molecule has 1 aliphatic heterocycles. The molecule has 1 aliphatic rings. The van der Waals surface area contributed by atoms with E-state index in [1.54, 1.807) is 0 Å². The molecule has 4 rings (SSSR count). The number of hydrogen-bond acceptors (Lipinski definition) is 4. The van der Waals surface area contributed by atoms with Gasteiger partial charge in [0.15, 0.2) is 0 Å². The van der Waals surface area contributed by atoms with E-state index < -0.39 is 0 Å². The van der Waals surface area contributed by atoms with Crippen molar-refractivity contribution in [3.8, 4) is 11.3 Å². The Morgan fingerprint density at radius 2 is 1.88 bits per heavy atom. The van der Waals surface area contributed by atoms with Crippen LogP contribution in [0.25, 0.3) is 22.3 Å². The zero-order valence-electron chi connectivity index (χ0n) is 13.7. The Morgan fingerprint density at radius 1 is 1.04 bits per heavy atom. The Balaban J connectivity index is 1.67. The maximum atomic E-state index is 4.79. The van der Waals surface area contributed by atoms with Gasteiger partial charge in [0.05, 0.1) is 16.9 Å². The van der Waals surface area contributed by atoms with Crippen LogP contribution in [0.3, 0.4) is 0 Å². The summed E-state index contributed by atoms with van der Waals surface area (Å²) < 4.78 is 0. The first kappa shape index (κ1) is 15.1. The Morgan fingerprint density at radius 3 is 2.71 bits per heavy atom. The van der Waals surface area contributed by atoms with Gasteiger partial charge in [-0.25, -0.2) is 4.98 Å². The summed E-state index contributed by atoms with van der Waals surface area (Å²) in [4.78, 5) is 9.33. The normalized spacial score (nSPS) is 15.5. The molecule has 0 radical (unpaired) electrons. The molecule has 3 aromatic rings. The van der Waals surface area contributed by atoms with Crippen LogP contribution in [0.1, 0.15) is 12.8 Å². The molecule has 0 spiro atoms. The average molecular weight is 318 g/mol. The monoisotopic (exact) mass is 318 g/mol. The van der Waals surface area contributed by atoms with Crippen LogP contribution < -0.4 is 10.6 Å². The maximum absolute atomic E-state index is 4.79. The number of pyridine rings is 2. The summed E-state index contributed by atoms with van der Waals surface area (Å²) in [6.45, 7) is 3.24. The molecule has 4 heteroatoms. The van der Waals surface area contributed by atoms with Crippen molar-refractivity contribution in [1.29, 1.82) is 0 Å². The lowest BCUT2D eigenvalue weighted by molar-refractivity contribution is 0.390. The number of anilines is 1. The van der Waals surface area contributed by atoms with Crippen molar-refractivity contribution >= 4 is 16.7 Å². The summed E-state index contributed by atoms with van der Waals surface area (Å²) in [7, 11) is 0. The van der Waals surface area contributed by atoms with Gasteiger partial charge in [-0.2, -0.15) is 0 Å². The van der Waals surface area contributed by atoms with Gasteiger partial charge in [0, 0.05) is 18.3 Å². The Kier molecular flexibility index (Phi) is 4.38. The number of hydrogen-bond donors (Lipinski definition) is 2. The molecular formula is C20H22N4. The van der Waals surface area contributed by atoms with E-state index in [1.165, 1.54) is 12.8 Å². The fraction of sp³-hybridized carbons (Fsp3) is 0.300. The fourth-order valence-electron chi connectivity index (χ4n) is 3.29. The van der Waals surface area contributed by atoms with Gasteiger partial charge in [0.25, 0.3) is 0 Å². The highest BCUT2D eigenvalue weighted by molar-refractivity contribution is 5.90. The fourth-order valence-corrected chi connectivity index (χ4v) is 3.29. The Labute approximate surface area is 142 Å². The van der Waals surface area contributed by atoms with E-state index >= 15 is 0 Å². The summed E-state index contributed by atoms with van der Waals surface area (Å²) in [6, 6.07) is 16.4. The highest BCUT2D eigenvalue weighted by Gasteiger charge is 2.14. The van der Waals surface area contributed by atoms with Crippen LogP contribution in [0.5, 0.6) is 0 Å².